The Bertz CT molecular complexity index is 6.00. The quantitative estimate of drug-likeness (QED) is 0.310. The van der Waals surface area contributed by atoms with Crippen LogP contribution in [0.1, 0.15) is 0 Å². The minimum atomic E-state index is -0.500. The van der Waals surface area contributed by atoms with Crippen molar-refractivity contribution in [3.63, 3.8) is 0 Å². The molecule has 0 aliphatic rings. The maximum Gasteiger partial charge on any atom is 2.00 e. The molecule has 0 aromatic carbocycles. The van der Waals surface area contributed by atoms with Gasteiger partial charge < -0.3 is 10.0 Å². The van der Waals surface area contributed by atoms with Crippen molar-refractivity contribution in [2.75, 3.05) is 0 Å². The third-order valence-corrected chi connectivity index (χ3v) is 0. The Kier molecular flexibility index (Phi) is 21.6. The molecule has 0 N–H and O–H groups in total. The molecule has 0 atom stereocenters. The van der Waals surface area contributed by atoms with E-state index in [4.69, 9.17) is 10.0 Å². The van der Waals surface area contributed by atoms with Crippen LogP contribution in [0.25, 0.3) is 0 Å². The number of hydrogen-bond donors (Lipinski definition) is 0. The Morgan fingerprint density at radius 3 is 1.25 bits per heavy atom. The molecule has 0 aliphatic heterocycles. The zero-order chi connectivity index (χ0) is 2.71. The molecule has 25 valence electrons. The van der Waals surface area contributed by atoms with E-state index in [2.05, 4.69) is 0 Å². The van der Waals surface area contributed by atoms with E-state index in [1.165, 1.54) is 0 Å². The van der Waals surface area contributed by atoms with Crippen LogP contribution in [0.15, 0.2) is 0 Å². The molecule has 0 heterocycles. The van der Waals surface area contributed by atoms with E-state index in [9.17, 15) is 0 Å². The van der Waals surface area contributed by atoms with Crippen molar-refractivity contribution in [3.8, 4) is 0 Å². The SMILES string of the molecule is [Ni+2].[O-][B][O-]. The molecule has 0 saturated carbocycles. The Morgan fingerprint density at radius 2 is 1.25 bits per heavy atom. The van der Waals surface area contributed by atoms with Gasteiger partial charge in [0.05, 0.1) is 0 Å². The summed E-state index contributed by atoms with van der Waals surface area (Å²) >= 11 is 0. The molecule has 4 heavy (non-hydrogen) atoms. The summed E-state index contributed by atoms with van der Waals surface area (Å²) in [5.41, 5.74) is 0. The van der Waals surface area contributed by atoms with Crippen LogP contribution in [0.3, 0.4) is 0 Å². The summed E-state index contributed by atoms with van der Waals surface area (Å²) in [6.07, 6.45) is 0. The van der Waals surface area contributed by atoms with Crippen molar-refractivity contribution < 1.29 is 26.5 Å². The molecule has 0 rings (SSSR count). The Morgan fingerprint density at radius 1 is 1.25 bits per heavy atom. The summed E-state index contributed by atoms with van der Waals surface area (Å²) in [5, 5.41) is 16.5. The van der Waals surface area contributed by atoms with Crippen LogP contribution in [0, 0.1) is 0 Å². The second-order valence-corrected chi connectivity index (χ2v) is 0.0962. The van der Waals surface area contributed by atoms with E-state index in [1.807, 2.05) is 0 Å². The van der Waals surface area contributed by atoms with E-state index >= 15 is 0 Å². The third-order valence-electron chi connectivity index (χ3n) is 0. The summed E-state index contributed by atoms with van der Waals surface area (Å²) < 4.78 is 0. The Hall–Kier alpha value is 0.478. The van der Waals surface area contributed by atoms with Crippen LogP contribution < -0.4 is 10.0 Å². The van der Waals surface area contributed by atoms with Gasteiger partial charge in [0.25, 0.3) is 0 Å². The summed E-state index contributed by atoms with van der Waals surface area (Å²) in [6.45, 7) is 0. The van der Waals surface area contributed by atoms with Gasteiger partial charge in [0, 0.05) is 0 Å². The van der Waals surface area contributed by atoms with Crippen molar-refractivity contribution in [1.29, 1.82) is 0 Å². The Balaban J connectivity index is 0. The third kappa shape index (κ3) is 23.7. The molecule has 0 bridgehead atoms. The van der Waals surface area contributed by atoms with Crippen LogP contribution in [0.2, 0.25) is 0 Å². The van der Waals surface area contributed by atoms with Gasteiger partial charge in [-0.2, -0.15) is 0 Å². The van der Waals surface area contributed by atoms with Crippen molar-refractivity contribution in [2.24, 2.45) is 0 Å². The van der Waals surface area contributed by atoms with E-state index in [-0.39, 0.29) is 16.5 Å². The minimum Gasteiger partial charge on any atom is -0.900 e. The van der Waals surface area contributed by atoms with Crippen molar-refractivity contribution in [3.05, 3.63) is 0 Å². The fourth-order valence-corrected chi connectivity index (χ4v) is 0. The predicted molar refractivity (Wildman–Crippen MR) is 5.75 cm³/mol. The zero-order valence-electron chi connectivity index (χ0n) is 1.71. The van der Waals surface area contributed by atoms with Gasteiger partial charge in [-0.25, -0.2) is 7.69 Å². The molecule has 2 nitrogen and oxygen atoms in total. The summed E-state index contributed by atoms with van der Waals surface area (Å²) in [6, 6.07) is 0. The molecular formula is BNiO2. The van der Waals surface area contributed by atoms with Gasteiger partial charge in [0.15, 0.2) is 0 Å². The largest absolute Gasteiger partial charge is 2.00 e. The van der Waals surface area contributed by atoms with Crippen molar-refractivity contribution in [2.45, 2.75) is 0 Å². The average molecular weight is 102 g/mol. The predicted octanol–water partition coefficient (Wildman–Crippen LogP) is -2.76. The second-order valence-electron chi connectivity index (χ2n) is 0.0962. The first-order chi connectivity index (χ1) is 1.41. The molecule has 0 amide bonds. The first kappa shape index (κ1) is 8.82. The molecule has 0 aliphatic carbocycles. The summed E-state index contributed by atoms with van der Waals surface area (Å²) in [4.78, 5) is 0. The molecule has 0 aromatic rings. The molecule has 0 spiro atoms. The fourth-order valence-electron chi connectivity index (χ4n) is 0. The van der Waals surface area contributed by atoms with Crippen LogP contribution in [0.4, 0.5) is 0 Å². The Labute approximate surface area is 35.1 Å². The van der Waals surface area contributed by atoms with Gasteiger partial charge in [0.2, 0.25) is 0 Å². The van der Waals surface area contributed by atoms with E-state index in [1.54, 1.807) is 0 Å². The molecule has 0 aromatic heterocycles. The first-order valence-electron chi connectivity index (χ1n) is 0.471. The van der Waals surface area contributed by atoms with E-state index in [0.29, 0.717) is 0 Å². The van der Waals surface area contributed by atoms with Crippen LogP contribution in [-0.2, 0) is 16.5 Å². The van der Waals surface area contributed by atoms with Crippen LogP contribution >= 0.6 is 0 Å². The van der Waals surface area contributed by atoms with Gasteiger partial charge in [-0.15, -0.1) is 0 Å². The molecule has 1 radical (unpaired) electrons. The van der Waals surface area contributed by atoms with E-state index in [0.717, 1.165) is 0 Å². The molecular weight excluding hydrogens is 102 g/mol. The van der Waals surface area contributed by atoms with Gasteiger partial charge >= 0.3 is 16.5 Å². The molecule has 0 unspecified atom stereocenters. The summed E-state index contributed by atoms with van der Waals surface area (Å²) in [7, 11) is -0.500. The number of rotatable bonds is 0. The van der Waals surface area contributed by atoms with E-state index < -0.39 is 7.69 Å². The molecule has 0 saturated heterocycles. The fraction of sp³-hybridized carbons (Fsp3) is 0. The standard InChI is InChI=1S/BO2.Ni/c2-1-3;/q-2;+2. The van der Waals surface area contributed by atoms with Crippen LogP contribution in [-0.4, -0.2) is 7.69 Å². The molecule has 4 heteroatoms. The van der Waals surface area contributed by atoms with Crippen LogP contribution in [0.5, 0.6) is 0 Å². The van der Waals surface area contributed by atoms with Crippen molar-refractivity contribution >= 4 is 7.69 Å². The topological polar surface area (TPSA) is 46.1 Å². The maximum absolute atomic E-state index is 8.25. The van der Waals surface area contributed by atoms with Gasteiger partial charge in [-0.3, -0.25) is 0 Å². The zero-order valence-corrected chi connectivity index (χ0v) is 2.70. The normalized spacial score (nSPS) is 3.50. The number of hydrogen-bond acceptors (Lipinski definition) is 2. The first-order valence-corrected chi connectivity index (χ1v) is 0.471. The smallest absolute Gasteiger partial charge is 0.900 e. The van der Waals surface area contributed by atoms with Crippen molar-refractivity contribution in [1.82, 2.24) is 0 Å². The second kappa shape index (κ2) is 9.78. The summed E-state index contributed by atoms with van der Waals surface area (Å²) in [5.74, 6) is 0. The van der Waals surface area contributed by atoms with Gasteiger partial charge in [0.1, 0.15) is 0 Å². The maximum atomic E-state index is 8.25. The molecule has 0 fully saturated rings. The van der Waals surface area contributed by atoms with Gasteiger partial charge in [-0.05, 0) is 0 Å². The monoisotopic (exact) mass is 101 g/mol. The van der Waals surface area contributed by atoms with Gasteiger partial charge in [-0.1, -0.05) is 0 Å². The minimum absolute atomic E-state index is 0. The average Bonchev–Trinajstić information content (AvgIpc) is 0.918.